The van der Waals surface area contributed by atoms with Crippen LogP contribution in [0.25, 0.3) is 0 Å². The van der Waals surface area contributed by atoms with Gasteiger partial charge in [-0.3, -0.25) is 0 Å². The van der Waals surface area contributed by atoms with Gasteiger partial charge in [-0.05, 0) is 50.2 Å². The second-order valence-electron chi connectivity index (χ2n) is 5.88. The van der Waals surface area contributed by atoms with E-state index in [0.29, 0.717) is 24.7 Å². The van der Waals surface area contributed by atoms with Gasteiger partial charge in [0.1, 0.15) is 0 Å². The Morgan fingerprint density at radius 3 is 2.86 bits per heavy atom. The van der Waals surface area contributed by atoms with Crippen LogP contribution in [0.4, 0.5) is 0 Å². The molecule has 1 aliphatic heterocycles. The molecule has 0 radical (unpaired) electrons. The summed E-state index contributed by atoms with van der Waals surface area (Å²) in [5, 5.41) is 0. The Balaban J connectivity index is 1.53. The lowest BCUT2D eigenvalue weighted by molar-refractivity contribution is -0.168. The average Bonchev–Trinajstić information content (AvgIpc) is 2.58. The van der Waals surface area contributed by atoms with Gasteiger partial charge < -0.3 is 14.2 Å². The van der Waals surface area contributed by atoms with E-state index in [9.17, 15) is 4.79 Å². The standard InChI is InChI=1S/C18H26O4/c1-15(14-22-17-11-5-6-12-20-17)8-7-13-21-18(19)16-9-3-2-4-10-16/h2-4,9-10,15,17H,5-8,11-14H2,1H3/t15-,17?/m0/s1. The lowest BCUT2D eigenvalue weighted by Crippen LogP contribution is -2.24. The van der Waals surface area contributed by atoms with Crippen molar-refractivity contribution in [3.05, 3.63) is 35.9 Å². The number of carbonyl (C=O) groups is 1. The van der Waals surface area contributed by atoms with E-state index in [1.54, 1.807) is 12.1 Å². The molecule has 0 amide bonds. The molecule has 2 atom stereocenters. The minimum atomic E-state index is -0.250. The number of ether oxygens (including phenoxy) is 3. The van der Waals surface area contributed by atoms with Crippen LogP contribution in [-0.4, -0.2) is 32.1 Å². The molecule has 0 spiro atoms. The summed E-state index contributed by atoms with van der Waals surface area (Å²) < 4.78 is 16.6. The Hall–Kier alpha value is -1.39. The zero-order valence-corrected chi connectivity index (χ0v) is 13.3. The van der Waals surface area contributed by atoms with Gasteiger partial charge in [0.05, 0.1) is 18.8 Å². The van der Waals surface area contributed by atoms with Gasteiger partial charge in [-0.1, -0.05) is 25.1 Å². The normalized spacial score (nSPS) is 19.6. The Bertz CT molecular complexity index is 426. The van der Waals surface area contributed by atoms with Gasteiger partial charge in [-0.15, -0.1) is 0 Å². The highest BCUT2D eigenvalue weighted by molar-refractivity contribution is 5.89. The van der Waals surface area contributed by atoms with Gasteiger partial charge >= 0.3 is 5.97 Å². The quantitative estimate of drug-likeness (QED) is 0.541. The third kappa shape index (κ3) is 6.16. The van der Waals surface area contributed by atoms with Crippen LogP contribution >= 0.6 is 0 Å². The van der Waals surface area contributed by atoms with E-state index in [4.69, 9.17) is 14.2 Å². The molecule has 4 heteroatoms. The Kier molecular flexibility index (Phi) is 7.40. The third-order valence-corrected chi connectivity index (χ3v) is 3.79. The number of benzene rings is 1. The number of hydrogen-bond donors (Lipinski definition) is 0. The lowest BCUT2D eigenvalue weighted by Gasteiger charge is -2.24. The largest absolute Gasteiger partial charge is 0.462 e. The first-order valence-corrected chi connectivity index (χ1v) is 8.21. The third-order valence-electron chi connectivity index (χ3n) is 3.79. The van der Waals surface area contributed by atoms with Crippen LogP contribution in [0.15, 0.2) is 30.3 Å². The smallest absolute Gasteiger partial charge is 0.338 e. The summed E-state index contributed by atoms with van der Waals surface area (Å²) in [4.78, 5) is 11.8. The maximum absolute atomic E-state index is 11.8. The first kappa shape index (κ1) is 17.0. The van der Waals surface area contributed by atoms with Crippen LogP contribution in [0.2, 0.25) is 0 Å². The SMILES string of the molecule is C[C@@H](CCCOC(=O)c1ccccc1)COC1CCCCO1. The summed E-state index contributed by atoms with van der Waals surface area (Å²) in [6.07, 6.45) is 5.15. The van der Waals surface area contributed by atoms with Crippen LogP contribution in [0.3, 0.4) is 0 Å². The minimum Gasteiger partial charge on any atom is -0.462 e. The molecule has 0 aromatic heterocycles. The molecule has 0 N–H and O–H groups in total. The molecule has 1 fully saturated rings. The second-order valence-corrected chi connectivity index (χ2v) is 5.88. The van der Waals surface area contributed by atoms with Crippen LogP contribution < -0.4 is 0 Å². The van der Waals surface area contributed by atoms with Gasteiger partial charge in [0, 0.05) is 6.61 Å². The van der Waals surface area contributed by atoms with Crippen LogP contribution in [0.1, 0.15) is 49.4 Å². The summed E-state index contributed by atoms with van der Waals surface area (Å²) in [6, 6.07) is 9.09. The number of hydrogen-bond acceptors (Lipinski definition) is 4. The number of carbonyl (C=O) groups excluding carboxylic acids is 1. The average molecular weight is 306 g/mol. The predicted molar refractivity (Wildman–Crippen MR) is 84.7 cm³/mol. The fourth-order valence-electron chi connectivity index (χ4n) is 2.45. The molecule has 1 aliphatic rings. The van der Waals surface area contributed by atoms with Gasteiger partial charge in [0.2, 0.25) is 0 Å². The summed E-state index contributed by atoms with van der Waals surface area (Å²) >= 11 is 0. The van der Waals surface area contributed by atoms with Crippen molar-refractivity contribution in [3.63, 3.8) is 0 Å². The molecule has 122 valence electrons. The Labute approximate surface area is 132 Å². The first-order valence-electron chi connectivity index (χ1n) is 8.21. The van der Waals surface area contributed by atoms with Crippen molar-refractivity contribution in [2.24, 2.45) is 5.92 Å². The molecule has 1 saturated heterocycles. The maximum atomic E-state index is 11.8. The number of rotatable bonds is 8. The zero-order chi connectivity index (χ0) is 15.6. The molecule has 0 saturated carbocycles. The molecule has 22 heavy (non-hydrogen) atoms. The van der Waals surface area contributed by atoms with E-state index < -0.39 is 0 Å². The predicted octanol–water partition coefficient (Wildman–Crippen LogP) is 3.80. The Morgan fingerprint density at radius 2 is 2.14 bits per heavy atom. The molecule has 1 aromatic rings. The topological polar surface area (TPSA) is 44.8 Å². The van der Waals surface area contributed by atoms with Crippen molar-refractivity contribution >= 4 is 5.97 Å². The zero-order valence-electron chi connectivity index (χ0n) is 13.3. The van der Waals surface area contributed by atoms with E-state index in [1.165, 1.54) is 6.42 Å². The number of esters is 1. The van der Waals surface area contributed by atoms with E-state index in [0.717, 1.165) is 32.3 Å². The van der Waals surface area contributed by atoms with Crippen molar-refractivity contribution < 1.29 is 19.0 Å². The molecular formula is C18H26O4. The molecule has 4 nitrogen and oxygen atoms in total. The van der Waals surface area contributed by atoms with E-state index >= 15 is 0 Å². The highest BCUT2D eigenvalue weighted by atomic mass is 16.7. The molecule has 0 bridgehead atoms. The Morgan fingerprint density at radius 1 is 1.32 bits per heavy atom. The van der Waals surface area contributed by atoms with Gasteiger partial charge in [0.25, 0.3) is 0 Å². The molecule has 1 heterocycles. The minimum absolute atomic E-state index is 0.0212. The second kappa shape index (κ2) is 9.59. The van der Waals surface area contributed by atoms with E-state index in [1.807, 2.05) is 18.2 Å². The molecule has 0 aliphatic carbocycles. The first-order chi connectivity index (χ1) is 10.8. The maximum Gasteiger partial charge on any atom is 0.338 e. The molecule has 1 aromatic carbocycles. The molecular weight excluding hydrogens is 280 g/mol. The summed E-state index contributed by atoms with van der Waals surface area (Å²) in [5.74, 6) is 0.195. The van der Waals surface area contributed by atoms with Gasteiger partial charge in [-0.2, -0.15) is 0 Å². The summed E-state index contributed by atoms with van der Waals surface area (Å²) in [7, 11) is 0. The summed E-state index contributed by atoms with van der Waals surface area (Å²) in [5.41, 5.74) is 0.605. The lowest BCUT2D eigenvalue weighted by atomic mass is 10.1. The fourth-order valence-corrected chi connectivity index (χ4v) is 2.45. The van der Waals surface area contributed by atoms with Crippen molar-refractivity contribution in [2.75, 3.05) is 19.8 Å². The summed E-state index contributed by atoms with van der Waals surface area (Å²) in [6.45, 7) is 4.13. The highest BCUT2D eigenvalue weighted by Crippen LogP contribution is 2.16. The van der Waals surface area contributed by atoms with Crippen LogP contribution in [-0.2, 0) is 14.2 Å². The van der Waals surface area contributed by atoms with Crippen molar-refractivity contribution in [3.8, 4) is 0 Å². The van der Waals surface area contributed by atoms with E-state index in [-0.39, 0.29) is 12.3 Å². The van der Waals surface area contributed by atoms with Crippen LogP contribution in [0, 0.1) is 5.92 Å². The highest BCUT2D eigenvalue weighted by Gasteiger charge is 2.15. The van der Waals surface area contributed by atoms with Crippen LogP contribution in [0.5, 0.6) is 0 Å². The molecule has 1 unspecified atom stereocenters. The van der Waals surface area contributed by atoms with Crippen molar-refractivity contribution in [1.29, 1.82) is 0 Å². The van der Waals surface area contributed by atoms with Gasteiger partial charge in [0.15, 0.2) is 6.29 Å². The van der Waals surface area contributed by atoms with E-state index in [2.05, 4.69) is 6.92 Å². The molecule has 2 rings (SSSR count). The monoisotopic (exact) mass is 306 g/mol. The van der Waals surface area contributed by atoms with Gasteiger partial charge in [-0.25, -0.2) is 4.79 Å². The fraction of sp³-hybridized carbons (Fsp3) is 0.611. The van der Waals surface area contributed by atoms with Crippen molar-refractivity contribution in [2.45, 2.75) is 45.3 Å². The van der Waals surface area contributed by atoms with Crippen molar-refractivity contribution in [1.82, 2.24) is 0 Å².